The Morgan fingerprint density at radius 2 is 1.00 bits per heavy atom. The van der Waals surface area contributed by atoms with Crippen molar-refractivity contribution in [1.82, 2.24) is 0 Å². The molecule has 2 heterocycles. The first-order valence-electron chi connectivity index (χ1n) is 15.3. The smallest absolute Gasteiger partial charge is 0.143 e. The van der Waals surface area contributed by atoms with Gasteiger partial charge in [-0.25, -0.2) is 0 Å². The number of hydrogen-bond donors (Lipinski definition) is 0. The summed E-state index contributed by atoms with van der Waals surface area (Å²) >= 11 is 0. The zero-order valence-electron chi connectivity index (χ0n) is 24.7. The maximum absolute atomic E-state index is 10.4. The molecule has 9 aromatic rings. The van der Waals surface area contributed by atoms with Gasteiger partial charge < -0.3 is 8.83 Å². The summed E-state index contributed by atoms with van der Waals surface area (Å²) in [6, 6.07) is 54.3. The lowest BCUT2D eigenvalue weighted by Crippen LogP contribution is -1.91. The van der Waals surface area contributed by atoms with Gasteiger partial charge in [0.2, 0.25) is 0 Å². The van der Waals surface area contributed by atoms with Crippen LogP contribution in [0, 0.1) is 11.3 Å². The van der Waals surface area contributed by atoms with Gasteiger partial charge in [-0.15, -0.1) is 0 Å². The van der Waals surface area contributed by atoms with Crippen LogP contribution in [0.5, 0.6) is 0 Å². The third kappa shape index (κ3) is 4.13. The van der Waals surface area contributed by atoms with E-state index in [2.05, 4.69) is 84.9 Å². The van der Waals surface area contributed by atoms with Gasteiger partial charge >= 0.3 is 0 Å². The van der Waals surface area contributed by atoms with Gasteiger partial charge in [-0.2, -0.15) is 5.26 Å². The largest absolute Gasteiger partial charge is 0.456 e. The molecular formula is C43H25NO2. The molecule has 0 amide bonds. The van der Waals surface area contributed by atoms with Crippen molar-refractivity contribution in [3.8, 4) is 50.6 Å². The number of furan rings is 2. The van der Waals surface area contributed by atoms with Crippen LogP contribution in [0.15, 0.2) is 160 Å². The molecule has 3 heteroatoms. The van der Waals surface area contributed by atoms with Crippen LogP contribution in [0.25, 0.3) is 88.4 Å². The molecule has 0 aliphatic heterocycles. The molecule has 0 fully saturated rings. The van der Waals surface area contributed by atoms with Gasteiger partial charge in [0.1, 0.15) is 22.3 Å². The summed E-state index contributed by atoms with van der Waals surface area (Å²) in [6.07, 6.45) is 0. The van der Waals surface area contributed by atoms with Crippen molar-refractivity contribution in [3.05, 3.63) is 157 Å². The van der Waals surface area contributed by atoms with Crippen molar-refractivity contribution < 1.29 is 8.83 Å². The Labute approximate surface area is 265 Å². The second-order valence-corrected chi connectivity index (χ2v) is 11.6. The van der Waals surface area contributed by atoms with Crippen LogP contribution in [-0.2, 0) is 0 Å². The third-order valence-corrected chi connectivity index (χ3v) is 8.92. The minimum atomic E-state index is 0.623. The predicted molar refractivity (Wildman–Crippen MR) is 187 cm³/mol. The van der Waals surface area contributed by atoms with Crippen molar-refractivity contribution in [2.45, 2.75) is 0 Å². The molecule has 7 aromatic carbocycles. The first kappa shape index (κ1) is 26.1. The number of nitriles is 1. The average Bonchev–Trinajstić information content (AvgIpc) is 3.70. The minimum Gasteiger partial charge on any atom is -0.456 e. The van der Waals surface area contributed by atoms with Crippen molar-refractivity contribution in [3.63, 3.8) is 0 Å². The van der Waals surface area contributed by atoms with E-state index in [1.165, 1.54) is 0 Å². The zero-order valence-corrected chi connectivity index (χ0v) is 24.7. The molecule has 0 radical (unpaired) electrons. The van der Waals surface area contributed by atoms with Crippen LogP contribution in [0.3, 0.4) is 0 Å². The van der Waals surface area contributed by atoms with Crippen molar-refractivity contribution >= 4 is 43.9 Å². The quantitative estimate of drug-likeness (QED) is 0.206. The molecule has 0 unspecified atom stereocenters. The normalized spacial score (nSPS) is 11.5. The topological polar surface area (TPSA) is 50.1 Å². The van der Waals surface area contributed by atoms with Crippen molar-refractivity contribution in [1.29, 1.82) is 5.26 Å². The number of fused-ring (bicyclic) bond motifs is 6. The van der Waals surface area contributed by atoms with Gasteiger partial charge in [-0.3, -0.25) is 0 Å². The van der Waals surface area contributed by atoms with E-state index < -0.39 is 0 Å². The maximum Gasteiger partial charge on any atom is 0.143 e. The van der Waals surface area contributed by atoms with Gasteiger partial charge in [0.25, 0.3) is 0 Å². The maximum atomic E-state index is 10.4. The number of para-hydroxylation sites is 3. The van der Waals surface area contributed by atoms with Crippen molar-refractivity contribution in [2.24, 2.45) is 0 Å². The summed E-state index contributed by atoms with van der Waals surface area (Å²) < 4.78 is 12.8. The highest BCUT2D eigenvalue weighted by Gasteiger charge is 2.18. The molecule has 0 N–H and O–H groups in total. The Hall–Kier alpha value is -6.37. The summed E-state index contributed by atoms with van der Waals surface area (Å²) in [5.41, 5.74) is 12.1. The molecule has 214 valence electrons. The fraction of sp³-hybridized carbons (Fsp3) is 0. The fourth-order valence-electron chi connectivity index (χ4n) is 6.78. The van der Waals surface area contributed by atoms with E-state index in [1.54, 1.807) is 0 Å². The molecule has 0 aliphatic rings. The van der Waals surface area contributed by atoms with E-state index >= 15 is 0 Å². The molecular weight excluding hydrogens is 562 g/mol. The summed E-state index contributed by atoms with van der Waals surface area (Å²) in [5, 5.41) is 14.7. The van der Waals surface area contributed by atoms with Crippen LogP contribution in [0.2, 0.25) is 0 Å². The highest BCUT2D eigenvalue weighted by molar-refractivity contribution is 6.13. The van der Waals surface area contributed by atoms with Crippen LogP contribution < -0.4 is 0 Å². The summed E-state index contributed by atoms with van der Waals surface area (Å²) in [6.45, 7) is 0. The standard InChI is InChI=1S/C43H25NO2/c44-26-32-22-28(27-10-2-1-3-11-27)20-21-33(32)29-23-30(34-14-9-19-41-42(34)38-13-5-7-18-40(38)45-41)25-31(24-29)35-15-8-16-37-36-12-4-6-17-39(36)46-43(35)37/h1-25H. The van der Waals surface area contributed by atoms with Crippen LogP contribution in [-0.4, -0.2) is 0 Å². The molecule has 2 aromatic heterocycles. The molecule has 46 heavy (non-hydrogen) atoms. The SMILES string of the molecule is N#Cc1cc(-c2ccccc2)ccc1-c1cc(-c2cccc3c2oc2ccccc23)cc(-c2cccc3oc4ccccc4c23)c1. The Balaban J connectivity index is 1.32. The Kier molecular flexibility index (Phi) is 5.88. The Bertz CT molecular complexity index is 2650. The van der Waals surface area contributed by atoms with Gasteiger partial charge in [-0.05, 0) is 81.4 Å². The van der Waals surface area contributed by atoms with Crippen molar-refractivity contribution in [2.75, 3.05) is 0 Å². The van der Waals surface area contributed by atoms with Gasteiger partial charge in [-0.1, -0.05) is 109 Å². The molecule has 0 bridgehead atoms. The summed E-state index contributed by atoms with van der Waals surface area (Å²) in [7, 11) is 0. The van der Waals surface area contributed by atoms with E-state index in [4.69, 9.17) is 8.83 Å². The second kappa shape index (κ2) is 10.4. The predicted octanol–water partition coefficient (Wildman–Crippen LogP) is 12.0. The molecule has 0 atom stereocenters. The second-order valence-electron chi connectivity index (χ2n) is 11.6. The van der Waals surface area contributed by atoms with Gasteiger partial charge in [0.05, 0.1) is 11.6 Å². The monoisotopic (exact) mass is 587 g/mol. The summed E-state index contributed by atoms with van der Waals surface area (Å²) in [5.74, 6) is 0. The number of rotatable bonds is 4. The zero-order chi connectivity index (χ0) is 30.6. The Morgan fingerprint density at radius 1 is 0.391 bits per heavy atom. The van der Waals surface area contributed by atoms with E-state index in [0.717, 1.165) is 88.4 Å². The summed E-state index contributed by atoms with van der Waals surface area (Å²) in [4.78, 5) is 0. The lowest BCUT2D eigenvalue weighted by Gasteiger charge is -2.14. The highest BCUT2D eigenvalue weighted by Crippen LogP contribution is 2.42. The molecule has 9 rings (SSSR count). The fourth-order valence-corrected chi connectivity index (χ4v) is 6.78. The third-order valence-electron chi connectivity index (χ3n) is 8.92. The molecule has 0 aliphatic carbocycles. The number of nitrogens with zero attached hydrogens (tertiary/aromatic N) is 1. The number of benzene rings is 7. The van der Waals surface area contributed by atoms with E-state index in [0.29, 0.717) is 5.56 Å². The average molecular weight is 588 g/mol. The van der Waals surface area contributed by atoms with E-state index in [9.17, 15) is 5.26 Å². The first-order valence-corrected chi connectivity index (χ1v) is 15.3. The van der Waals surface area contributed by atoms with Crippen LogP contribution in [0.4, 0.5) is 0 Å². The highest BCUT2D eigenvalue weighted by atomic mass is 16.3. The van der Waals surface area contributed by atoms with Crippen LogP contribution in [0.1, 0.15) is 5.56 Å². The lowest BCUT2D eigenvalue weighted by molar-refractivity contribution is 0.669. The molecule has 0 spiro atoms. The molecule has 3 nitrogen and oxygen atoms in total. The Morgan fingerprint density at radius 3 is 1.80 bits per heavy atom. The number of hydrogen-bond acceptors (Lipinski definition) is 3. The van der Waals surface area contributed by atoms with E-state index in [-0.39, 0.29) is 0 Å². The van der Waals surface area contributed by atoms with Gasteiger partial charge in [0.15, 0.2) is 0 Å². The lowest BCUT2D eigenvalue weighted by atomic mass is 9.89. The van der Waals surface area contributed by atoms with Gasteiger partial charge in [0, 0.05) is 27.1 Å². The van der Waals surface area contributed by atoms with E-state index in [1.807, 2.05) is 72.8 Å². The first-order chi connectivity index (χ1) is 22.7. The molecule has 0 saturated carbocycles. The van der Waals surface area contributed by atoms with Crippen LogP contribution >= 0.6 is 0 Å². The minimum absolute atomic E-state index is 0.623. The molecule has 0 saturated heterocycles.